The zero-order chi connectivity index (χ0) is 16.3. The Balaban J connectivity index is 1.89. The number of likely N-dealkylation sites (N-methyl/N-ethyl adjacent to an activating group) is 1. The molecule has 1 aliphatic rings. The number of piperidine rings is 1. The molecule has 2 rings (SSSR count). The first-order valence-corrected chi connectivity index (χ1v) is 7.44. The molecule has 1 unspecified atom stereocenters. The number of rotatable bonds is 3. The molecule has 1 aliphatic heterocycles. The van der Waals surface area contributed by atoms with E-state index in [-0.39, 0.29) is 29.5 Å². The van der Waals surface area contributed by atoms with E-state index >= 15 is 0 Å². The third kappa shape index (κ3) is 4.10. The number of hydrogen-bond donors (Lipinski definition) is 1. The van der Waals surface area contributed by atoms with Crippen LogP contribution >= 0.6 is 11.6 Å². The number of halogens is 2. The normalized spacial score (nSPS) is 18.3. The van der Waals surface area contributed by atoms with Crippen LogP contribution in [0.1, 0.15) is 18.4 Å². The van der Waals surface area contributed by atoms with E-state index in [1.165, 1.54) is 17.0 Å². The summed E-state index contributed by atoms with van der Waals surface area (Å²) in [6.45, 7) is 0.787. The Labute approximate surface area is 134 Å². The van der Waals surface area contributed by atoms with Crippen LogP contribution in [0.5, 0.6) is 0 Å². The van der Waals surface area contributed by atoms with Gasteiger partial charge in [0, 0.05) is 39.6 Å². The van der Waals surface area contributed by atoms with E-state index in [1.807, 2.05) is 0 Å². The van der Waals surface area contributed by atoms with Gasteiger partial charge in [0.25, 0.3) is 0 Å². The van der Waals surface area contributed by atoms with Crippen LogP contribution < -0.4 is 5.32 Å². The van der Waals surface area contributed by atoms with Gasteiger partial charge in [0.1, 0.15) is 5.82 Å². The van der Waals surface area contributed by atoms with E-state index in [1.54, 1.807) is 25.1 Å². The summed E-state index contributed by atoms with van der Waals surface area (Å²) in [4.78, 5) is 26.6. The molecule has 1 N–H and O–H groups in total. The smallest absolute Gasteiger partial charge is 0.317 e. The number of urea groups is 1. The minimum atomic E-state index is -0.500. The first kappa shape index (κ1) is 16.5. The molecule has 7 heteroatoms. The zero-order valence-corrected chi connectivity index (χ0v) is 13.4. The average Bonchev–Trinajstić information content (AvgIpc) is 2.46. The Morgan fingerprint density at radius 2 is 2.27 bits per heavy atom. The standard InChI is InChI=1S/C15H19ClFN3O2/c1-19-9-11(4-6-14(19)21)18-15(22)20(2)8-10-3-5-12(16)13(17)7-10/h3,5,7,11H,4,6,8-9H2,1-2H3,(H,18,22). The minimum absolute atomic E-state index is 0.0559. The van der Waals surface area contributed by atoms with Crippen molar-refractivity contribution in [1.82, 2.24) is 15.1 Å². The van der Waals surface area contributed by atoms with Gasteiger partial charge in [-0.1, -0.05) is 17.7 Å². The molecular weight excluding hydrogens is 309 g/mol. The molecule has 1 atom stereocenters. The largest absolute Gasteiger partial charge is 0.344 e. The van der Waals surface area contributed by atoms with Gasteiger partial charge < -0.3 is 15.1 Å². The number of likely N-dealkylation sites (tertiary alicyclic amines) is 1. The lowest BCUT2D eigenvalue weighted by atomic mass is 10.1. The van der Waals surface area contributed by atoms with Gasteiger partial charge in [0.15, 0.2) is 0 Å². The van der Waals surface area contributed by atoms with E-state index in [4.69, 9.17) is 11.6 Å². The lowest BCUT2D eigenvalue weighted by Crippen LogP contribution is -2.51. The van der Waals surface area contributed by atoms with Crippen molar-refractivity contribution >= 4 is 23.5 Å². The van der Waals surface area contributed by atoms with Gasteiger partial charge >= 0.3 is 6.03 Å². The number of nitrogens with zero attached hydrogens (tertiary/aromatic N) is 2. The maximum atomic E-state index is 13.4. The van der Waals surface area contributed by atoms with Crippen LogP contribution in [0.15, 0.2) is 18.2 Å². The van der Waals surface area contributed by atoms with Crippen molar-refractivity contribution in [3.05, 3.63) is 34.6 Å². The second-order valence-electron chi connectivity index (χ2n) is 5.56. The molecule has 3 amide bonds. The number of benzene rings is 1. The van der Waals surface area contributed by atoms with Crippen molar-refractivity contribution < 1.29 is 14.0 Å². The molecule has 5 nitrogen and oxygen atoms in total. The van der Waals surface area contributed by atoms with Crippen molar-refractivity contribution in [2.45, 2.75) is 25.4 Å². The van der Waals surface area contributed by atoms with E-state index < -0.39 is 5.82 Å². The van der Waals surface area contributed by atoms with Crippen LogP contribution in [0.25, 0.3) is 0 Å². The summed E-state index contributed by atoms with van der Waals surface area (Å²) in [7, 11) is 3.36. The Bertz CT molecular complexity index is 582. The van der Waals surface area contributed by atoms with Crippen LogP contribution in [0.2, 0.25) is 5.02 Å². The summed E-state index contributed by atoms with van der Waals surface area (Å²) >= 11 is 5.63. The molecule has 0 aromatic heterocycles. The molecule has 1 saturated heterocycles. The van der Waals surface area contributed by atoms with Gasteiger partial charge in [-0.05, 0) is 24.1 Å². The molecule has 0 radical (unpaired) electrons. The second kappa shape index (κ2) is 6.96. The SMILES string of the molecule is CN1CC(NC(=O)N(C)Cc2ccc(Cl)c(F)c2)CCC1=O. The summed E-state index contributed by atoms with van der Waals surface area (Å²) < 4.78 is 13.4. The summed E-state index contributed by atoms with van der Waals surface area (Å²) in [5.74, 6) is -0.407. The van der Waals surface area contributed by atoms with Gasteiger partial charge in [-0.3, -0.25) is 4.79 Å². The minimum Gasteiger partial charge on any atom is -0.344 e. The monoisotopic (exact) mass is 327 g/mol. The fourth-order valence-electron chi connectivity index (χ4n) is 2.40. The molecule has 0 aliphatic carbocycles. The van der Waals surface area contributed by atoms with Gasteiger partial charge in [0.05, 0.1) is 5.02 Å². The number of carbonyl (C=O) groups excluding carboxylic acids is 2. The van der Waals surface area contributed by atoms with Crippen molar-refractivity contribution in [2.24, 2.45) is 0 Å². The Morgan fingerprint density at radius 3 is 2.91 bits per heavy atom. The van der Waals surface area contributed by atoms with Gasteiger partial charge in [-0.25, -0.2) is 9.18 Å². The Hall–Kier alpha value is -1.82. The van der Waals surface area contributed by atoms with E-state index in [0.717, 1.165) is 0 Å². The zero-order valence-electron chi connectivity index (χ0n) is 12.6. The highest BCUT2D eigenvalue weighted by Gasteiger charge is 2.24. The fraction of sp³-hybridized carbons (Fsp3) is 0.467. The van der Waals surface area contributed by atoms with E-state index in [2.05, 4.69) is 5.32 Å². The van der Waals surface area contributed by atoms with Crippen LogP contribution in [0.3, 0.4) is 0 Å². The molecule has 1 fully saturated rings. The van der Waals surface area contributed by atoms with Crippen LogP contribution in [0, 0.1) is 5.82 Å². The Kier molecular flexibility index (Phi) is 5.24. The summed E-state index contributed by atoms with van der Waals surface area (Å²) in [5, 5.41) is 2.95. The average molecular weight is 328 g/mol. The molecule has 1 aromatic carbocycles. The van der Waals surface area contributed by atoms with Gasteiger partial charge in [0.2, 0.25) is 5.91 Å². The quantitative estimate of drug-likeness (QED) is 0.925. The van der Waals surface area contributed by atoms with E-state index in [9.17, 15) is 14.0 Å². The second-order valence-corrected chi connectivity index (χ2v) is 5.97. The highest BCUT2D eigenvalue weighted by Crippen LogP contribution is 2.16. The third-order valence-corrected chi connectivity index (χ3v) is 4.01. The molecule has 22 heavy (non-hydrogen) atoms. The Morgan fingerprint density at radius 1 is 1.55 bits per heavy atom. The highest BCUT2D eigenvalue weighted by molar-refractivity contribution is 6.30. The fourth-order valence-corrected chi connectivity index (χ4v) is 2.52. The highest BCUT2D eigenvalue weighted by atomic mass is 35.5. The number of amides is 3. The van der Waals surface area contributed by atoms with Crippen LogP contribution in [-0.2, 0) is 11.3 Å². The summed E-state index contributed by atoms with van der Waals surface area (Å²) in [5.41, 5.74) is 0.662. The molecule has 0 saturated carbocycles. The molecule has 0 spiro atoms. The maximum Gasteiger partial charge on any atom is 0.317 e. The van der Waals surface area contributed by atoms with E-state index in [0.29, 0.717) is 24.9 Å². The lowest BCUT2D eigenvalue weighted by Gasteiger charge is -2.31. The number of hydrogen-bond acceptors (Lipinski definition) is 2. The predicted octanol–water partition coefficient (Wildman–Crippen LogP) is 2.24. The van der Waals surface area contributed by atoms with Gasteiger partial charge in [-0.2, -0.15) is 0 Å². The number of carbonyl (C=O) groups is 2. The predicted molar refractivity (Wildman–Crippen MR) is 82.1 cm³/mol. The van der Waals surface area contributed by atoms with Crippen molar-refractivity contribution in [1.29, 1.82) is 0 Å². The molecule has 120 valence electrons. The van der Waals surface area contributed by atoms with Crippen LogP contribution in [-0.4, -0.2) is 48.4 Å². The van der Waals surface area contributed by atoms with Crippen molar-refractivity contribution in [3.63, 3.8) is 0 Å². The molecular formula is C15H19ClFN3O2. The first-order valence-electron chi connectivity index (χ1n) is 7.06. The third-order valence-electron chi connectivity index (χ3n) is 3.70. The molecule has 0 bridgehead atoms. The maximum absolute atomic E-state index is 13.4. The van der Waals surface area contributed by atoms with Gasteiger partial charge in [-0.15, -0.1) is 0 Å². The number of nitrogens with one attached hydrogen (secondary N) is 1. The lowest BCUT2D eigenvalue weighted by molar-refractivity contribution is -0.132. The van der Waals surface area contributed by atoms with Crippen LogP contribution in [0.4, 0.5) is 9.18 Å². The summed E-state index contributed by atoms with van der Waals surface area (Å²) in [6, 6.07) is 4.17. The topological polar surface area (TPSA) is 52.7 Å². The first-order chi connectivity index (χ1) is 10.4. The van der Waals surface area contributed by atoms with Crippen molar-refractivity contribution in [2.75, 3.05) is 20.6 Å². The molecule has 1 aromatic rings. The molecule has 1 heterocycles. The summed E-state index contributed by atoms with van der Waals surface area (Å²) in [6.07, 6.45) is 1.08. The van der Waals surface area contributed by atoms with Crippen molar-refractivity contribution in [3.8, 4) is 0 Å².